The zero-order valence-corrected chi connectivity index (χ0v) is 20.9. The third-order valence-electron chi connectivity index (χ3n) is 8.03. The average molecular weight is 481 g/mol. The topological polar surface area (TPSA) is 0 Å². The predicted octanol–water partition coefficient (Wildman–Crippen LogP) is 10.8. The predicted molar refractivity (Wildman–Crippen MR) is 165 cm³/mol. The first kappa shape index (κ1) is 21.2. The van der Waals surface area contributed by atoms with Gasteiger partial charge in [0.1, 0.15) is 0 Å². The second kappa shape index (κ2) is 8.30. The number of benzene rings is 8. The van der Waals surface area contributed by atoms with Gasteiger partial charge in [0, 0.05) is 0 Å². The fourth-order valence-electron chi connectivity index (χ4n) is 6.29. The molecule has 0 saturated heterocycles. The van der Waals surface area contributed by atoms with E-state index >= 15 is 0 Å². The monoisotopic (exact) mass is 480 g/mol. The summed E-state index contributed by atoms with van der Waals surface area (Å²) in [5, 5.41) is 13.2. The number of hydrogen-bond donors (Lipinski definition) is 0. The molecule has 0 heterocycles. The van der Waals surface area contributed by atoms with Gasteiger partial charge in [-0.15, -0.1) is 0 Å². The van der Waals surface area contributed by atoms with Gasteiger partial charge in [0.2, 0.25) is 0 Å². The highest BCUT2D eigenvalue weighted by molar-refractivity contribution is 6.39. The SMILES string of the molecule is c1ccc(-c2ccc(-c3ccc4c(c3)c3ccccc3c3c5ccccc5c5ccccc5c43)cc2)cc1. The Labute approximate surface area is 221 Å². The Morgan fingerprint density at radius 1 is 0.211 bits per heavy atom. The smallest absolute Gasteiger partial charge is 0.00139 e. The van der Waals surface area contributed by atoms with Crippen LogP contribution in [0.1, 0.15) is 0 Å². The Bertz CT molecular complexity index is 2150. The van der Waals surface area contributed by atoms with Crippen molar-refractivity contribution in [3.8, 4) is 22.3 Å². The van der Waals surface area contributed by atoms with Gasteiger partial charge in [-0.1, -0.05) is 140 Å². The van der Waals surface area contributed by atoms with Crippen molar-refractivity contribution in [3.05, 3.63) is 146 Å². The molecule has 0 aliphatic carbocycles. The summed E-state index contributed by atoms with van der Waals surface area (Å²) in [6, 6.07) is 53.2. The molecule has 0 nitrogen and oxygen atoms in total. The molecule has 0 N–H and O–H groups in total. The quantitative estimate of drug-likeness (QED) is 0.216. The Kier molecular flexibility index (Phi) is 4.62. The zero-order valence-electron chi connectivity index (χ0n) is 20.9. The lowest BCUT2D eigenvalue weighted by atomic mass is 9.86. The lowest BCUT2D eigenvalue weighted by Gasteiger charge is -2.17. The third-order valence-corrected chi connectivity index (χ3v) is 8.03. The van der Waals surface area contributed by atoms with Crippen molar-refractivity contribution in [3.63, 3.8) is 0 Å². The minimum Gasteiger partial charge on any atom is -0.0622 e. The molecule has 8 aromatic rings. The van der Waals surface area contributed by atoms with Crippen LogP contribution < -0.4 is 0 Å². The minimum atomic E-state index is 1.24. The van der Waals surface area contributed by atoms with Crippen molar-refractivity contribution < 1.29 is 0 Å². The van der Waals surface area contributed by atoms with E-state index in [1.165, 1.54) is 76.1 Å². The molecule has 176 valence electrons. The van der Waals surface area contributed by atoms with Crippen LogP contribution in [0.4, 0.5) is 0 Å². The molecular formula is C38H24. The van der Waals surface area contributed by atoms with Gasteiger partial charge in [0.25, 0.3) is 0 Å². The van der Waals surface area contributed by atoms with Crippen LogP contribution in [0.25, 0.3) is 76.1 Å². The Hall–Kier alpha value is -4.94. The van der Waals surface area contributed by atoms with Gasteiger partial charge in [-0.25, -0.2) is 0 Å². The maximum absolute atomic E-state index is 2.39. The third kappa shape index (κ3) is 3.11. The Morgan fingerprint density at radius 3 is 1.08 bits per heavy atom. The van der Waals surface area contributed by atoms with E-state index < -0.39 is 0 Å². The van der Waals surface area contributed by atoms with Crippen LogP contribution in [0.3, 0.4) is 0 Å². The van der Waals surface area contributed by atoms with Crippen LogP contribution in [0, 0.1) is 0 Å². The first-order valence-electron chi connectivity index (χ1n) is 13.2. The highest BCUT2D eigenvalue weighted by Gasteiger charge is 2.16. The fraction of sp³-hybridized carbons (Fsp3) is 0. The fourth-order valence-corrected chi connectivity index (χ4v) is 6.29. The van der Waals surface area contributed by atoms with Crippen LogP contribution in [-0.2, 0) is 0 Å². The van der Waals surface area contributed by atoms with Crippen LogP contribution in [0.2, 0.25) is 0 Å². The molecule has 0 amide bonds. The van der Waals surface area contributed by atoms with Crippen molar-refractivity contribution in [2.24, 2.45) is 0 Å². The first-order chi connectivity index (χ1) is 18.9. The van der Waals surface area contributed by atoms with Crippen molar-refractivity contribution in [2.45, 2.75) is 0 Å². The second-order valence-electron chi connectivity index (χ2n) is 10.1. The molecule has 8 rings (SSSR count). The van der Waals surface area contributed by atoms with Gasteiger partial charge in [-0.2, -0.15) is 0 Å². The van der Waals surface area contributed by atoms with E-state index in [0.29, 0.717) is 0 Å². The van der Waals surface area contributed by atoms with E-state index in [9.17, 15) is 0 Å². The summed E-state index contributed by atoms with van der Waals surface area (Å²) >= 11 is 0. The molecule has 0 heteroatoms. The van der Waals surface area contributed by atoms with Crippen molar-refractivity contribution >= 4 is 53.9 Å². The largest absolute Gasteiger partial charge is 0.0622 e. The van der Waals surface area contributed by atoms with E-state index in [2.05, 4.69) is 146 Å². The molecule has 0 radical (unpaired) electrons. The molecule has 0 bridgehead atoms. The summed E-state index contributed by atoms with van der Waals surface area (Å²) in [6.45, 7) is 0. The average Bonchev–Trinajstić information content (AvgIpc) is 3.01. The van der Waals surface area contributed by atoms with Crippen molar-refractivity contribution in [2.75, 3.05) is 0 Å². The van der Waals surface area contributed by atoms with Crippen LogP contribution in [0.5, 0.6) is 0 Å². The van der Waals surface area contributed by atoms with Crippen molar-refractivity contribution in [1.29, 1.82) is 0 Å². The van der Waals surface area contributed by atoms with Gasteiger partial charge in [0.05, 0.1) is 0 Å². The molecule has 0 aliphatic heterocycles. The molecule has 0 spiro atoms. The Balaban J connectivity index is 1.45. The number of fused-ring (bicyclic) bond motifs is 11. The first-order valence-corrected chi connectivity index (χ1v) is 13.2. The molecule has 0 atom stereocenters. The second-order valence-corrected chi connectivity index (χ2v) is 10.1. The molecular weight excluding hydrogens is 456 g/mol. The van der Waals surface area contributed by atoms with E-state index in [0.717, 1.165) is 0 Å². The summed E-state index contributed by atoms with van der Waals surface area (Å²) in [5.74, 6) is 0. The number of rotatable bonds is 2. The normalized spacial score (nSPS) is 11.7. The maximum atomic E-state index is 2.39. The molecule has 8 aromatic carbocycles. The zero-order chi connectivity index (χ0) is 25.1. The van der Waals surface area contributed by atoms with Gasteiger partial charge in [-0.3, -0.25) is 0 Å². The van der Waals surface area contributed by atoms with Crippen LogP contribution in [0.15, 0.2) is 146 Å². The number of hydrogen-bond acceptors (Lipinski definition) is 0. The molecule has 0 aliphatic rings. The highest BCUT2D eigenvalue weighted by Crippen LogP contribution is 2.44. The molecule has 0 fully saturated rings. The summed E-state index contributed by atoms with van der Waals surface area (Å²) in [7, 11) is 0. The Morgan fingerprint density at radius 2 is 0.553 bits per heavy atom. The lowest BCUT2D eigenvalue weighted by Crippen LogP contribution is -1.89. The molecule has 0 unspecified atom stereocenters. The van der Waals surface area contributed by atoms with E-state index in [1.54, 1.807) is 0 Å². The van der Waals surface area contributed by atoms with E-state index in [4.69, 9.17) is 0 Å². The lowest BCUT2D eigenvalue weighted by molar-refractivity contribution is 1.60. The molecule has 0 aromatic heterocycles. The van der Waals surface area contributed by atoms with E-state index in [-0.39, 0.29) is 0 Å². The van der Waals surface area contributed by atoms with Crippen LogP contribution in [-0.4, -0.2) is 0 Å². The minimum absolute atomic E-state index is 1.24. The summed E-state index contributed by atoms with van der Waals surface area (Å²) in [6.07, 6.45) is 0. The van der Waals surface area contributed by atoms with Gasteiger partial charge in [0.15, 0.2) is 0 Å². The maximum Gasteiger partial charge on any atom is -0.00139 e. The van der Waals surface area contributed by atoms with Gasteiger partial charge >= 0.3 is 0 Å². The standard InChI is InChI=1S/C38H24/c1-2-10-25(11-3-1)26-18-20-27(21-19-26)28-22-23-35-36(24-28)31-14-6-9-17-34(31)37-32-15-7-4-12-29(32)30-13-5-8-16-33(30)38(35)37/h1-24H. The summed E-state index contributed by atoms with van der Waals surface area (Å²) in [5.41, 5.74) is 4.96. The highest BCUT2D eigenvalue weighted by atomic mass is 14.2. The molecule has 0 saturated carbocycles. The van der Waals surface area contributed by atoms with Crippen LogP contribution >= 0.6 is 0 Å². The summed E-state index contributed by atoms with van der Waals surface area (Å²) < 4.78 is 0. The molecule has 38 heavy (non-hydrogen) atoms. The van der Waals surface area contributed by atoms with Gasteiger partial charge < -0.3 is 0 Å². The van der Waals surface area contributed by atoms with Gasteiger partial charge in [-0.05, 0) is 82.2 Å². The van der Waals surface area contributed by atoms with Crippen molar-refractivity contribution in [1.82, 2.24) is 0 Å². The van der Waals surface area contributed by atoms with E-state index in [1.807, 2.05) is 0 Å². The summed E-state index contributed by atoms with van der Waals surface area (Å²) in [4.78, 5) is 0.